The molecule has 10 heteroatoms. The summed E-state index contributed by atoms with van der Waals surface area (Å²) in [6.45, 7) is 3.88. The molecule has 0 aliphatic carbocycles. The Labute approximate surface area is 216 Å². The highest BCUT2D eigenvalue weighted by Gasteiger charge is 2.22. The minimum absolute atomic E-state index is 0.0715. The van der Waals surface area contributed by atoms with Crippen LogP contribution in [-0.4, -0.2) is 59.7 Å². The molecule has 1 heterocycles. The van der Waals surface area contributed by atoms with Gasteiger partial charge in [-0.2, -0.15) is 0 Å². The lowest BCUT2D eigenvalue weighted by Gasteiger charge is -2.14. The fourth-order valence-electron chi connectivity index (χ4n) is 3.87. The Morgan fingerprint density at radius 2 is 1.81 bits per heavy atom. The van der Waals surface area contributed by atoms with E-state index in [9.17, 15) is 27.8 Å². The quantitative estimate of drug-likeness (QED) is 0.380. The molecule has 37 heavy (non-hydrogen) atoms. The first-order valence-electron chi connectivity index (χ1n) is 11.7. The number of aliphatic hydroxyl groups excluding tert-OH is 2. The molecule has 1 aromatic heterocycles. The van der Waals surface area contributed by atoms with Crippen molar-refractivity contribution in [2.24, 2.45) is 0 Å². The molecule has 2 atom stereocenters. The normalized spacial score (nSPS) is 13.7. The lowest BCUT2D eigenvalue weighted by molar-refractivity contribution is -0.143. The van der Waals surface area contributed by atoms with Crippen molar-refractivity contribution in [3.8, 4) is 22.5 Å². The van der Waals surface area contributed by atoms with Crippen LogP contribution in [0.1, 0.15) is 38.4 Å². The minimum Gasteiger partial charge on any atom is -0.469 e. The molecular formula is C27H31FN2O6S. The number of aromatic nitrogens is 2. The number of benzene rings is 2. The SMILES string of the molecule is COC(=O)CC(O)CC(O)/C=C/n1c(C(C)C)nc(-c2cccc(S(C)(=O)=O)c2)c1-c1ccc(F)cc1. The molecule has 0 saturated heterocycles. The van der Waals surface area contributed by atoms with E-state index >= 15 is 0 Å². The van der Waals surface area contributed by atoms with Crippen molar-refractivity contribution in [3.05, 3.63) is 66.2 Å². The third-order valence-corrected chi connectivity index (χ3v) is 6.82. The summed E-state index contributed by atoms with van der Waals surface area (Å²) < 4.78 is 44.4. The molecule has 2 aromatic carbocycles. The van der Waals surface area contributed by atoms with Gasteiger partial charge >= 0.3 is 5.97 Å². The standard InChI is InChI=1S/C27H31FN2O6S/c1-17(2)27-29-25(19-6-5-7-23(14-19)37(4,34)35)26(18-8-10-20(28)11-9-18)30(27)13-12-21(31)15-22(32)16-24(33)36-3/h5-14,17,21-22,31-32H,15-16H2,1-4H3/b13-12+. The fraction of sp³-hybridized carbons (Fsp3) is 0.333. The zero-order valence-electron chi connectivity index (χ0n) is 21.1. The predicted molar refractivity (Wildman–Crippen MR) is 139 cm³/mol. The summed E-state index contributed by atoms with van der Waals surface area (Å²) >= 11 is 0. The second-order valence-corrected chi connectivity index (χ2v) is 11.1. The third-order valence-electron chi connectivity index (χ3n) is 5.71. The van der Waals surface area contributed by atoms with Gasteiger partial charge in [0.15, 0.2) is 9.84 Å². The first-order valence-corrected chi connectivity index (χ1v) is 13.6. The summed E-state index contributed by atoms with van der Waals surface area (Å²) in [7, 11) is -2.25. The number of halogens is 1. The summed E-state index contributed by atoms with van der Waals surface area (Å²) in [4.78, 5) is 16.4. The molecule has 198 valence electrons. The number of sulfone groups is 1. The molecule has 2 N–H and O–H groups in total. The Morgan fingerprint density at radius 1 is 1.14 bits per heavy atom. The van der Waals surface area contributed by atoms with Crippen LogP contribution in [0.4, 0.5) is 4.39 Å². The first kappa shape index (κ1) is 28.2. The molecule has 3 aromatic rings. The number of imidazole rings is 1. The Kier molecular flexibility index (Phi) is 9.01. The van der Waals surface area contributed by atoms with E-state index in [1.807, 2.05) is 13.8 Å². The topological polar surface area (TPSA) is 119 Å². The van der Waals surface area contributed by atoms with Gasteiger partial charge in [0.25, 0.3) is 0 Å². The van der Waals surface area contributed by atoms with Crippen molar-refractivity contribution in [1.29, 1.82) is 0 Å². The van der Waals surface area contributed by atoms with Gasteiger partial charge in [0.1, 0.15) is 11.6 Å². The molecule has 0 radical (unpaired) electrons. The first-order chi connectivity index (χ1) is 17.4. The third kappa shape index (κ3) is 7.12. The zero-order valence-corrected chi connectivity index (χ0v) is 21.9. The number of esters is 1. The summed E-state index contributed by atoms with van der Waals surface area (Å²) in [6, 6.07) is 12.3. The van der Waals surface area contributed by atoms with Crippen molar-refractivity contribution >= 4 is 22.0 Å². The molecule has 0 aliphatic heterocycles. The highest BCUT2D eigenvalue weighted by Crippen LogP contribution is 2.36. The van der Waals surface area contributed by atoms with E-state index in [4.69, 9.17) is 4.98 Å². The van der Waals surface area contributed by atoms with Gasteiger partial charge in [0, 0.05) is 35.9 Å². The van der Waals surface area contributed by atoms with Crippen LogP contribution in [0.25, 0.3) is 28.7 Å². The summed E-state index contributed by atoms with van der Waals surface area (Å²) in [5, 5.41) is 20.6. The van der Waals surface area contributed by atoms with E-state index in [1.54, 1.807) is 41.1 Å². The van der Waals surface area contributed by atoms with Crippen LogP contribution in [0.5, 0.6) is 0 Å². The van der Waals surface area contributed by atoms with Gasteiger partial charge in [-0.25, -0.2) is 17.8 Å². The molecule has 0 fully saturated rings. The molecule has 2 unspecified atom stereocenters. The molecular weight excluding hydrogens is 499 g/mol. The van der Waals surface area contributed by atoms with Gasteiger partial charge in [-0.15, -0.1) is 0 Å². The maximum Gasteiger partial charge on any atom is 0.308 e. The number of ether oxygens (including phenoxy) is 1. The number of methoxy groups -OCH3 is 1. The Hall–Kier alpha value is -3.34. The second-order valence-electron chi connectivity index (χ2n) is 9.08. The average Bonchev–Trinajstić information content (AvgIpc) is 3.22. The van der Waals surface area contributed by atoms with Crippen LogP contribution in [-0.2, 0) is 19.4 Å². The minimum atomic E-state index is -3.47. The van der Waals surface area contributed by atoms with E-state index in [0.717, 1.165) is 6.26 Å². The van der Waals surface area contributed by atoms with E-state index in [0.29, 0.717) is 28.3 Å². The largest absolute Gasteiger partial charge is 0.469 e. The fourth-order valence-corrected chi connectivity index (χ4v) is 4.54. The Bertz CT molecular complexity index is 1380. The number of hydrogen-bond donors (Lipinski definition) is 2. The maximum absolute atomic E-state index is 13.7. The number of carbonyl (C=O) groups excluding carboxylic acids is 1. The van der Waals surface area contributed by atoms with Gasteiger partial charge in [0.2, 0.25) is 0 Å². The number of carbonyl (C=O) groups is 1. The number of hydrogen-bond acceptors (Lipinski definition) is 7. The van der Waals surface area contributed by atoms with Crippen molar-refractivity contribution < 1.29 is 32.6 Å². The summed E-state index contributed by atoms with van der Waals surface area (Å²) in [6.07, 6.45) is 1.70. The van der Waals surface area contributed by atoms with Gasteiger partial charge < -0.3 is 19.5 Å². The zero-order chi connectivity index (χ0) is 27.3. The van der Waals surface area contributed by atoms with E-state index < -0.39 is 33.8 Å². The number of nitrogens with zero attached hydrogens (tertiary/aromatic N) is 2. The summed E-state index contributed by atoms with van der Waals surface area (Å²) in [5.74, 6) is -0.444. The van der Waals surface area contributed by atoms with E-state index in [-0.39, 0.29) is 23.7 Å². The van der Waals surface area contributed by atoms with Gasteiger partial charge in [0.05, 0.1) is 42.0 Å². The molecule has 0 amide bonds. The van der Waals surface area contributed by atoms with Crippen LogP contribution in [0.2, 0.25) is 0 Å². The highest BCUT2D eigenvalue weighted by molar-refractivity contribution is 7.90. The molecule has 0 spiro atoms. The van der Waals surface area contributed by atoms with Crippen LogP contribution in [0, 0.1) is 5.82 Å². The van der Waals surface area contributed by atoms with E-state index in [1.165, 1.54) is 31.4 Å². The second kappa shape index (κ2) is 11.8. The van der Waals surface area contributed by atoms with E-state index in [2.05, 4.69) is 4.74 Å². The average molecular weight is 531 g/mol. The van der Waals surface area contributed by atoms with Gasteiger partial charge in [-0.3, -0.25) is 4.79 Å². The van der Waals surface area contributed by atoms with Crippen LogP contribution in [0.15, 0.2) is 59.5 Å². The van der Waals surface area contributed by atoms with Crippen molar-refractivity contribution in [2.75, 3.05) is 13.4 Å². The molecule has 0 saturated carbocycles. The smallest absolute Gasteiger partial charge is 0.308 e. The molecule has 8 nitrogen and oxygen atoms in total. The Balaban J connectivity index is 2.14. The molecule has 3 rings (SSSR count). The van der Waals surface area contributed by atoms with Crippen LogP contribution < -0.4 is 0 Å². The molecule has 0 bridgehead atoms. The van der Waals surface area contributed by atoms with Gasteiger partial charge in [-0.1, -0.05) is 26.0 Å². The monoisotopic (exact) mass is 530 g/mol. The molecule has 0 aliphatic rings. The van der Waals surface area contributed by atoms with Gasteiger partial charge in [-0.05, 0) is 42.5 Å². The lowest BCUT2D eigenvalue weighted by atomic mass is 10.0. The lowest BCUT2D eigenvalue weighted by Crippen LogP contribution is -2.20. The summed E-state index contributed by atoms with van der Waals surface area (Å²) in [5.41, 5.74) is 2.26. The van der Waals surface area contributed by atoms with Crippen molar-refractivity contribution in [1.82, 2.24) is 9.55 Å². The predicted octanol–water partition coefficient (Wildman–Crippen LogP) is 4.03. The van der Waals surface area contributed by atoms with Crippen molar-refractivity contribution in [2.45, 2.75) is 49.7 Å². The van der Waals surface area contributed by atoms with Crippen LogP contribution in [0.3, 0.4) is 0 Å². The van der Waals surface area contributed by atoms with Crippen molar-refractivity contribution in [3.63, 3.8) is 0 Å². The maximum atomic E-state index is 13.7. The Morgan fingerprint density at radius 3 is 2.41 bits per heavy atom. The number of rotatable bonds is 10. The number of aliphatic hydroxyl groups is 2. The van der Waals surface area contributed by atoms with Crippen LogP contribution >= 0.6 is 0 Å². The highest BCUT2D eigenvalue weighted by atomic mass is 32.2.